The maximum Gasteiger partial charge on any atom is 0.213 e. The van der Waals surface area contributed by atoms with Crippen molar-refractivity contribution in [3.05, 3.63) is 46.1 Å². The highest BCUT2D eigenvalue weighted by Crippen LogP contribution is 2.23. The maximum atomic E-state index is 6.12. The van der Waals surface area contributed by atoms with Gasteiger partial charge in [0, 0.05) is 0 Å². The van der Waals surface area contributed by atoms with E-state index in [1.165, 1.54) is 0 Å². The lowest BCUT2D eigenvalue weighted by molar-refractivity contribution is 0.478. The summed E-state index contributed by atoms with van der Waals surface area (Å²) in [6.07, 6.45) is 0. The van der Waals surface area contributed by atoms with Crippen LogP contribution in [0.5, 0.6) is 0 Å². The van der Waals surface area contributed by atoms with Crippen LogP contribution in [0.1, 0.15) is 22.9 Å². The Labute approximate surface area is 106 Å². The maximum absolute atomic E-state index is 6.12. The standard InChI is InChI=1S/C13H15ClN2O/c1-8-4-5-12(11(14)6-8)15-7-13-16-9(2)10(3)17-13/h4-6,15H,7H2,1-3H3. The average Bonchev–Trinajstić information content (AvgIpc) is 2.57. The molecule has 2 rings (SSSR count). The molecule has 1 aromatic carbocycles. The molecule has 0 saturated carbocycles. The average molecular weight is 251 g/mol. The number of aryl methyl sites for hydroxylation is 3. The second-order valence-electron chi connectivity index (χ2n) is 4.09. The number of hydrogen-bond acceptors (Lipinski definition) is 3. The molecule has 0 spiro atoms. The van der Waals surface area contributed by atoms with Gasteiger partial charge in [-0.2, -0.15) is 0 Å². The number of nitrogens with one attached hydrogen (secondary N) is 1. The van der Waals surface area contributed by atoms with Gasteiger partial charge in [0.15, 0.2) is 0 Å². The number of hydrogen-bond donors (Lipinski definition) is 1. The highest BCUT2D eigenvalue weighted by molar-refractivity contribution is 6.33. The molecule has 90 valence electrons. The third-order valence-corrected chi connectivity index (χ3v) is 2.94. The minimum absolute atomic E-state index is 0.539. The largest absolute Gasteiger partial charge is 0.444 e. The van der Waals surface area contributed by atoms with Crippen LogP contribution in [-0.2, 0) is 6.54 Å². The van der Waals surface area contributed by atoms with Gasteiger partial charge in [0.25, 0.3) is 0 Å². The smallest absolute Gasteiger partial charge is 0.213 e. The molecule has 1 N–H and O–H groups in total. The van der Waals surface area contributed by atoms with Gasteiger partial charge < -0.3 is 9.73 Å². The Balaban J connectivity index is 2.07. The lowest BCUT2D eigenvalue weighted by Gasteiger charge is -2.06. The molecule has 0 radical (unpaired) electrons. The molecule has 0 unspecified atom stereocenters. The van der Waals surface area contributed by atoms with Crippen LogP contribution >= 0.6 is 11.6 Å². The Bertz CT molecular complexity index is 515. The summed E-state index contributed by atoms with van der Waals surface area (Å²) in [5.74, 6) is 1.54. The molecule has 0 aliphatic rings. The van der Waals surface area contributed by atoms with Gasteiger partial charge in [-0.05, 0) is 38.5 Å². The summed E-state index contributed by atoms with van der Waals surface area (Å²) in [4.78, 5) is 4.30. The quantitative estimate of drug-likeness (QED) is 0.899. The van der Waals surface area contributed by atoms with Crippen molar-refractivity contribution in [1.82, 2.24) is 4.98 Å². The van der Waals surface area contributed by atoms with Gasteiger partial charge in [-0.1, -0.05) is 17.7 Å². The number of aromatic nitrogens is 1. The van der Waals surface area contributed by atoms with Gasteiger partial charge in [-0.25, -0.2) is 4.98 Å². The first kappa shape index (κ1) is 12.0. The zero-order valence-electron chi connectivity index (χ0n) is 10.2. The Morgan fingerprint density at radius 3 is 2.65 bits per heavy atom. The van der Waals surface area contributed by atoms with E-state index in [2.05, 4.69) is 10.3 Å². The molecule has 17 heavy (non-hydrogen) atoms. The monoisotopic (exact) mass is 250 g/mol. The SMILES string of the molecule is Cc1ccc(NCc2nc(C)c(C)o2)c(Cl)c1. The molecule has 2 aromatic rings. The van der Waals surface area contributed by atoms with Crippen LogP contribution in [-0.4, -0.2) is 4.98 Å². The van der Waals surface area contributed by atoms with Crippen LogP contribution < -0.4 is 5.32 Å². The van der Waals surface area contributed by atoms with Crippen molar-refractivity contribution >= 4 is 17.3 Å². The molecule has 0 atom stereocenters. The van der Waals surface area contributed by atoms with Gasteiger partial charge in [0.1, 0.15) is 5.76 Å². The van der Waals surface area contributed by atoms with Crippen molar-refractivity contribution < 1.29 is 4.42 Å². The lowest BCUT2D eigenvalue weighted by atomic mass is 10.2. The first-order valence-corrected chi connectivity index (χ1v) is 5.87. The number of benzene rings is 1. The van der Waals surface area contributed by atoms with Crippen molar-refractivity contribution in [3.8, 4) is 0 Å². The van der Waals surface area contributed by atoms with Crippen molar-refractivity contribution in [2.75, 3.05) is 5.32 Å². The van der Waals surface area contributed by atoms with Gasteiger partial charge in [0.2, 0.25) is 5.89 Å². The van der Waals surface area contributed by atoms with Gasteiger partial charge in [-0.15, -0.1) is 0 Å². The molecule has 0 saturated heterocycles. The summed E-state index contributed by atoms with van der Waals surface area (Å²) in [7, 11) is 0. The summed E-state index contributed by atoms with van der Waals surface area (Å²) in [6, 6.07) is 5.90. The summed E-state index contributed by atoms with van der Waals surface area (Å²) >= 11 is 6.12. The van der Waals surface area contributed by atoms with E-state index >= 15 is 0 Å². The van der Waals surface area contributed by atoms with E-state index in [9.17, 15) is 0 Å². The zero-order chi connectivity index (χ0) is 12.4. The number of halogens is 1. The molecule has 1 heterocycles. The van der Waals surface area contributed by atoms with Crippen LogP contribution in [0, 0.1) is 20.8 Å². The van der Waals surface area contributed by atoms with E-state index in [4.69, 9.17) is 16.0 Å². The van der Waals surface area contributed by atoms with E-state index in [-0.39, 0.29) is 0 Å². The minimum Gasteiger partial charge on any atom is -0.444 e. The van der Waals surface area contributed by atoms with E-state index in [1.54, 1.807) is 0 Å². The topological polar surface area (TPSA) is 38.1 Å². The first-order chi connectivity index (χ1) is 8.06. The third-order valence-electron chi connectivity index (χ3n) is 2.63. The Morgan fingerprint density at radius 2 is 2.06 bits per heavy atom. The minimum atomic E-state index is 0.539. The third kappa shape index (κ3) is 2.80. The molecular formula is C13H15ClN2O. The van der Waals surface area contributed by atoms with Gasteiger partial charge in [0.05, 0.1) is 22.9 Å². The predicted octanol–water partition coefficient (Wildman–Crippen LogP) is 3.87. The highest BCUT2D eigenvalue weighted by Gasteiger charge is 2.06. The van der Waals surface area contributed by atoms with E-state index in [1.807, 2.05) is 39.0 Å². The van der Waals surface area contributed by atoms with Gasteiger partial charge in [-0.3, -0.25) is 0 Å². The van der Waals surface area contributed by atoms with Crippen molar-refractivity contribution in [1.29, 1.82) is 0 Å². The Morgan fingerprint density at radius 1 is 1.29 bits per heavy atom. The summed E-state index contributed by atoms with van der Waals surface area (Å²) in [5, 5.41) is 3.92. The van der Waals surface area contributed by atoms with Crippen LogP contribution in [0.2, 0.25) is 5.02 Å². The Hall–Kier alpha value is -1.48. The summed E-state index contributed by atoms with van der Waals surface area (Å²) in [5.41, 5.74) is 2.96. The fourth-order valence-corrected chi connectivity index (χ4v) is 1.85. The number of nitrogens with zero attached hydrogens (tertiary/aromatic N) is 1. The van der Waals surface area contributed by atoms with Crippen LogP contribution in [0.3, 0.4) is 0 Å². The fourth-order valence-electron chi connectivity index (χ4n) is 1.55. The molecule has 3 nitrogen and oxygen atoms in total. The molecule has 4 heteroatoms. The Kier molecular flexibility index (Phi) is 3.38. The van der Waals surface area contributed by atoms with E-state index in [0.717, 1.165) is 22.7 Å². The molecule has 0 bridgehead atoms. The van der Waals surface area contributed by atoms with E-state index in [0.29, 0.717) is 17.5 Å². The predicted molar refractivity (Wildman–Crippen MR) is 69.5 cm³/mol. The van der Waals surface area contributed by atoms with Crippen molar-refractivity contribution in [2.45, 2.75) is 27.3 Å². The summed E-state index contributed by atoms with van der Waals surface area (Å²) < 4.78 is 5.48. The molecule has 0 amide bonds. The van der Waals surface area contributed by atoms with Crippen molar-refractivity contribution in [2.24, 2.45) is 0 Å². The molecule has 1 aromatic heterocycles. The number of oxazole rings is 1. The second kappa shape index (κ2) is 4.80. The molecule has 0 aliphatic heterocycles. The van der Waals surface area contributed by atoms with Crippen molar-refractivity contribution in [3.63, 3.8) is 0 Å². The molecular weight excluding hydrogens is 236 g/mol. The molecule has 0 fully saturated rings. The summed E-state index contributed by atoms with van der Waals surface area (Å²) in [6.45, 7) is 6.39. The zero-order valence-corrected chi connectivity index (χ0v) is 10.9. The van der Waals surface area contributed by atoms with Crippen LogP contribution in [0.4, 0.5) is 5.69 Å². The number of anilines is 1. The first-order valence-electron chi connectivity index (χ1n) is 5.49. The lowest BCUT2D eigenvalue weighted by Crippen LogP contribution is -2.00. The van der Waals surface area contributed by atoms with Gasteiger partial charge >= 0.3 is 0 Å². The van der Waals surface area contributed by atoms with Crippen LogP contribution in [0.25, 0.3) is 0 Å². The fraction of sp³-hybridized carbons (Fsp3) is 0.308. The normalized spacial score (nSPS) is 10.6. The highest BCUT2D eigenvalue weighted by atomic mass is 35.5. The van der Waals surface area contributed by atoms with E-state index < -0.39 is 0 Å². The number of rotatable bonds is 3. The molecule has 0 aliphatic carbocycles. The van der Waals surface area contributed by atoms with Crippen LogP contribution in [0.15, 0.2) is 22.6 Å². The second-order valence-corrected chi connectivity index (χ2v) is 4.49.